The van der Waals surface area contributed by atoms with Gasteiger partial charge in [0.25, 0.3) is 5.91 Å². The molecule has 1 aromatic carbocycles. The molecule has 0 bridgehead atoms. The fourth-order valence-corrected chi connectivity index (χ4v) is 2.88. The highest BCUT2D eigenvalue weighted by Gasteiger charge is 2.38. The number of aryl methyl sites for hydroxylation is 1. The summed E-state index contributed by atoms with van der Waals surface area (Å²) in [6, 6.07) is 7.50. The summed E-state index contributed by atoms with van der Waals surface area (Å²) >= 11 is 6.09. The molecule has 9 heteroatoms. The van der Waals surface area contributed by atoms with E-state index >= 15 is 0 Å². The lowest BCUT2D eigenvalue weighted by Gasteiger charge is -2.14. The molecule has 1 aromatic heterocycles. The smallest absolute Gasteiger partial charge is 0.325 e. The van der Waals surface area contributed by atoms with E-state index in [-0.39, 0.29) is 31.2 Å². The highest BCUT2D eigenvalue weighted by molar-refractivity contribution is 6.31. The number of aromatic nitrogens is 2. The molecule has 2 aromatic rings. The van der Waals surface area contributed by atoms with Crippen molar-refractivity contribution >= 4 is 35.3 Å². The maximum atomic E-state index is 12.5. The van der Waals surface area contributed by atoms with E-state index in [0.29, 0.717) is 16.4 Å². The molecule has 0 radical (unpaired) electrons. The summed E-state index contributed by atoms with van der Waals surface area (Å²) in [5.41, 5.74) is 0.686. The molecule has 2 N–H and O–H groups in total. The Kier molecular flexibility index (Phi) is 5.22. The number of carbonyl (C=O) groups is 3. The van der Waals surface area contributed by atoms with Crippen molar-refractivity contribution < 1.29 is 14.4 Å². The van der Waals surface area contributed by atoms with Gasteiger partial charge in [-0.3, -0.25) is 19.2 Å². The molecule has 136 valence electrons. The normalized spacial score (nSPS) is 16.7. The minimum Gasteiger partial charge on any atom is -0.326 e. The van der Waals surface area contributed by atoms with Gasteiger partial charge in [-0.05, 0) is 18.1 Å². The van der Waals surface area contributed by atoms with E-state index < -0.39 is 12.1 Å². The number of urea groups is 1. The zero-order chi connectivity index (χ0) is 18.7. The largest absolute Gasteiger partial charge is 0.326 e. The van der Waals surface area contributed by atoms with Gasteiger partial charge in [0.1, 0.15) is 6.04 Å². The van der Waals surface area contributed by atoms with E-state index in [4.69, 9.17) is 11.6 Å². The van der Waals surface area contributed by atoms with Crippen molar-refractivity contribution in [1.82, 2.24) is 20.0 Å². The summed E-state index contributed by atoms with van der Waals surface area (Å²) in [5.74, 6) is -0.185. The summed E-state index contributed by atoms with van der Waals surface area (Å²) in [6.45, 7) is 0.0982. The molecule has 0 spiro atoms. The maximum Gasteiger partial charge on any atom is 0.325 e. The fraction of sp³-hybridized carbons (Fsp3) is 0.294. The van der Waals surface area contributed by atoms with Gasteiger partial charge in [0, 0.05) is 30.8 Å². The van der Waals surface area contributed by atoms with E-state index in [0.717, 1.165) is 4.90 Å². The Bertz CT molecular complexity index is 850. The first-order valence-electron chi connectivity index (χ1n) is 8.09. The zero-order valence-electron chi connectivity index (χ0n) is 14.1. The molecule has 0 saturated carbocycles. The van der Waals surface area contributed by atoms with Crippen LogP contribution < -0.4 is 10.6 Å². The zero-order valence-corrected chi connectivity index (χ0v) is 14.9. The van der Waals surface area contributed by atoms with E-state index in [1.165, 1.54) is 0 Å². The van der Waals surface area contributed by atoms with Gasteiger partial charge in [-0.1, -0.05) is 29.8 Å². The van der Waals surface area contributed by atoms with E-state index in [2.05, 4.69) is 15.7 Å². The number of hydrogen-bond donors (Lipinski definition) is 2. The molecule has 3 rings (SSSR count). The summed E-state index contributed by atoms with van der Waals surface area (Å²) in [7, 11) is 1.75. The first kappa shape index (κ1) is 17.9. The molecular weight excluding hydrogens is 358 g/mol. The van der Waals surface area contributed by atoms with Gasteiger partial charge in [0.2, 0.25) is 5.91 Å². The topological polar surface area (TPSA) is 96.3 Å². The van der Waals surface area contributed by atoms with E-state index in [9.17, 15) is 14.4 Å². The average Bonchev–Trinajstić information content (AvgIpc) is 3.12. The van der Waals surface area contributed by atoms with Crippen molar-refractivity contribution in [3.8, 4) is 0 Å². The third kappa shape index (κ3) is 4.02. The number of nitrogens with one attached hydrogen (secondary N) is 2. The second-order valence-electron chi connectivity index (χ2n) is 5.98. The lowest BCUT2D eigenvalue weighted by molar-refractivity contribution is -0.128. The maximum absolute atomic E-state index is 12.5. The number of amides is 4. The van der Waals surface area contributed by atoms with Crippen molar-refractivity contribution in [3.63, 3.8) is 0 Å². The van der Waals surface area contributed by atoms with Crippen molar-refractivity contribution in [1.29, 1.82) is 0 Å². The van der Waals surface area contributed by atoms with Gasteiger partial charge in [-0.25, -0.2) is 4.79 Å². The quantitative estimate of drug-likeness (QED) is 0.754. The van der Waals surface area contributed by atoms with Crippen LogP contribution in [0.4, 0.5) is 10.6 Å². The van der Waals surface area contributed by atoms with Gasteiger partial charge >= 0.3 is 6.03 Å². The van der Waals surface area contributed by atoms with Crippen LogP contribution in [0.25, 0.3) is 0 Å². The SMILES string of the molecule is Cn1ccc(NC(=O)CC[C@@H]2NC(=O)N(Cc3ccccc3Cl)C2=O)n1. The lowest BCUT2D eigenvalue weighted by Crippen LogP contribution is -2.31. The Morgan fingerprint density at radius 3 is 2.77 bits per heavy atom. The van der Waals surface area contributed by atoms with E-state index in [1.54, 1.807) is 48.3 Å². The molecule has 0 unspecified atom stereocenters. The van der Waals surface area contributed by atoms with Crippen LogP contribution in [0, 0.1) is 0 Å². The van der Waals surface area contributed by atoms with Crippen LogP contribution in [0.2, 0.25) is 5.02 Å². The second-order valence-corrected chi connectivity index (χ2v) is 6.39. The number of imide groups is 1. The first-order valence-corrected chi connectivity index (χ1v) is 8.46. The monoisotopic (exact) mass is 375 g/mol. The third-order valence-electron chi connectivity index (χ3n) is 4.03. The predicted molar refractivity (Wildman–Crippen MR) is 95.4 cm³/mol. The molecule has 8 nitrogen and oxygen atoms in total. The van der Waals surface area contributed by atoms with E-state index in [1.807, 2.05) is 0 Å². The number of nitrogens with zero attached hydrogens (tertiary/aromatic N) is 3. The van der Waals surface area contributed by atoms with Gasteiger partial charge in [0.05, 0.1) is 6.54 Å². The first-order chi connectivity index (χ1) is 12.4. The molecule has 1 aliphatic heterocycles. The summed E-state index contributed by atoms with van der Waals surface area (Å²) < 4.78 is 1.57. The number of carbonyl (C=O) groups excluding carboxylic acids is 3. The molecule has 1 atom stereocenters. The van der Waals surface area contributed by atoms with Gasteiger partial charge in [0.15, 0.2) is 5.82 Å². The molecule has 1 saturated heterocycles. The lowest BCUT2D eigenvalue weighted by atomic mass is 10.1. The molecule has 2 heterocycles. The van der Waals surface area contributed by atoms with Crippen LogP contribution in [0.15, 0.2) is 36.5 Å². The van der Waals surface area contributed by atoms with Crippen molar-refractivity contribution in [3.05, 3.63) is 47.1 Å². The number of halogens is 1. The number of rotatable bonds is 6. The summed E-state index contributed by atoms with van der Waals surface area (Å²) in [5, 5.41) is 9.80. The molecular formula is C17H18ClN5O3. The minimum atomic E-state index is -0.723. The van der Waals surface area contributed by atoms with Gasteiger partial charge < -0.3 is 10.6 Å². The summed E-state index contributed by atoms with van der Waals surface area (Å²) in [4.78, 5) is 37.6. The Balaban J connectivity index is 1.55. The van der Waals surface area contributed by atoms with Crippen LogP contribution in [-0.4, -0.2) is 38.6 Å². The number of anilines is 1. The van der Waals surface area contributed by atoms with Gasteiger partial charge in [-0.2, -0.15) is 5.10 Å². The van der Waals surface area contributed by atoms with Crippen molar-refractivity contribution in [2.45, 2.75) is 25.4 Å². The molecule has 1 fully saturated rings. The molecule has 26 heavy (non-hydrogen) atoms. The van der Waals surface area contributed by atoms with Crippen molar-refractivity contribution in [2.24, 2.45) is 7.05 Å². The number of hydrogen-bond acceptors (Lipinski definition) is 4. The van der Waals surface area contributed by atoms with Crippen LogP contribution in [0.3, 0.4) is 0 Å². The third-order valence-corrected chi connectivity index (χ3v) is 4.40. The minimum absolute atomic E-state index is 0.0905. The Morgan fingerprint density at radius 1 is 1.31 bits per heavy atom. The van der Waals surface area contributed by atoms with Crippen molar-refractivity contribution in [2.75, 3.05) is 5.32 Å². The molecule has 1 aliphatic rings. The Hall–Kier alpha value is -2.87. The Labute approximate surface area is 155 Å². The van der Waals surface area contributed by atoms with Crippen LogP contribution in [-0.2, 0) is 23.2 Å². The fourth-order valence-electron chi connectivity index (χ4n) is 2.68. The number of benzene rings is 1. The highest BCUT2D eigenvalue weighted by Crippen LogP contribution is 2.20. The standard InChI is InChI=1S/C17H18ClN5O3/c1-22-9-8-14(21-22)20-15(24)7-6-13-16(25)23(17(26)19-13)10-11-4-2-3-5-12(11)18/h2-5,8-9,13H,6-7,10H2,1H3,(H,19,26)(H,20,21,24)/t13-/m0/s1. The second kappa shape index (κ2) is 7.57. The highest BCUT2D eigenvalue weighted by atomic mass is 35.5. The predicted octanol–water partition coefficient (Wildman–Crippen LogP) is 1.91. The van der Waals surface area contributed by atoms with Crippen LogP contribution in [0.5, 0.6) is 0 Å². The molecule has 4 amide bonds. The Morgan fingerprint density at radius 2 is 2.08 bits per heavy atom. The summed E-state index contributed by atoms with van der Waals surface area (Å²) in [6.07, 6.45) is 2.01. The van der Waals surface area contributed by atoms with Crippen LogP contribution in [0.1, 0.15) is 18.4 Å². The van der Waals surface area contributed by atoms with Gasteiger partial charge in [-0.15, -0.1) is 0 Å². The van der Waals surface area contributed by atoms with Crippen LogP contribution >= 0.6 is 11.6 Å². The average molecular weight is 376 g/mol. The molecule has 0 aliphatic carbocycles.